The highest BCUT2D eigenvalue weighted by Crippen LogP contribution is 2.38. The van der Waals surface area contributed by atoms with Crippen molar-refractivity contribution in [3.05, 3.63) is 64.1 Å². The Labute approximate surface area is 128 Å². The lowest BCUT2D eigenvalue weighted by Gasteiger charge is -2.26. The lowest BCUT2D eigenvalue weighted by molar-refractivity contribution is -0.116. The molecule has 1 aliphatic heterocycles. The largest absolute Gasteiger partial charge is 0.326 e. The number of carbonyl (C=O) groups excluding carboxylic acids is 1. The van der Waals surface area contributed by atoms with Crippen molar-refractivity contribution in [1.29, 1.82) is 0 Å². The molecule has 0 saturated carbocycles. The molecule has 104 valence electrons. The maximum absolute atomic E-state index is 11.8. The minimum Gasteiger partial charge on any atom is -0.326 e. The number of halogens is 1. The van der Waals surface area contributed by atoms with Gasteiger partial charge in [-0.1, -0.05) is 60.1 Å². The third-order valence-electron chi connectivity index (χ3n) is 3.25. The molecule has 1 aliphatic rings. The fraction of sp³-hybridized carbons (Fsp3) is 0.235. The van der Waals surface area contributed by atoms with Gasteiger partial charge in [0.05, 0.1) is 0 Å². The van der Waals surface area contributed by atoms with Crippen LogP contribution >= 0.6 is 15.9 Å². The van der Waals surface area contributed by atoms with Gasteiger partial charge in [0.2, 0.25) is 5.91 Å². The molecule has 1 heterocycles. The van der Waals surface area contributed by atoms with Gasteiger partial charge < -0.3 is 5.32 Å². The zero-order chi connectivity index (χ0) is 14.5. The standard InChI is InChI=1S/C15H12BrNO.C2H6/c16-11-6-7-14-13(8-11)12(9-15(18)17-14)10-4-2-1-3-5-10;1-2/h1-8,12H,9H2,(H,17,18);1-2H3. The maximum Gasteiger partial charge on any atom is 0.225 e. The third kappa shape index (κ3) is 3.10. The van der Waals surface area contributed by atoms with Gasteiger partial charge in [0.1, 0.15) is 0 Å². The van der Waals surface area contributed by atoms with Gasteiger partial charge in [-0.2, -0.15) is 0 Å². The highest BCUT2D eigenvalue weighted by atomic mass is 79.9. The molecule has 2 aromatic rings. The minimum atomic E-state index is 0.0821. The highest BCUT2D eigenvalue weighted by molar-refractivity contribution is 9.10. The Morgan fingerprint density at radius 1 is 1.10 bits per heavy atom. The van der Waals surface area contributed by atoms with E-state index in [9.17, 15) is 4.79 Å². The Kier molecular flexibility index (Phi) is 4.96. The van der Waals surface area contributed by atoms with Crippen molar-refractivity contribution in [2.75, 3.05) is 5.32 Å². The van der Waals surface area contributed by atoms with Crippen molar-refractivity contribution in [2.24, 2.45) is 0 Å². The van der Waals surface area contributed by atoms with Crippen molar-refractivity contribution in [1.82, 2.24) is 0 Å². The van der Waals surface area contributed by atoms with Crippen molar-refractivity contribution in [3.63, 3.8) is 0 Å². The van der Waals surface area contributed by atoms with Crippen LogP contribution in [0.4, 0.5) is 5.69 Å². The summed E-state index contributed by atoms with van der Waals surface area (Å²) in [6, 6.07) is 16.2. The number of fused-ring (bicyclic) bond motifs is 1. The normalized spacial score (nSPS) is 16.6. The summed E-state index contributed by atoms with van der Waals surface area (Å²) in [6.07, 6.45) is 0.507. The Hall–Kier alpha value is -1.61. The van der Waals surface area contributed by atoms with Crippen LogP contribution in [0.5, 0.6) is 0 Å². The second-order valence-electron chi connectivity index (χ2n) is 4.45. The molecule has 2 nitrogen and oxygen atoms in total. The fourth-order valence-electron chi connectivity index (χ4n) is 2.42. The van der Waals surface area contributed by atoms with Crippen molar-refractivity contribution < 1.29 is 4.79 Å². The first-order chi connectivity index (χ1) is 9.74. The number of rotatable bonds is 1. The lowest BCUT2D eigenvalue weighted by atomic mass is 9.85. The number of amides is 1. The van der Waals surface area contributed by atoms with E-state index >= 15 is 0 Å². The molecule has 20 heavy (non-hydrogen) atoms. The molecule has 0 radical (unpaired) electrons. The third-order valence-corrected chi connectivity index (χ3v) is 3.75. The molecule has 0 fully saturated rings. The molecule has 3 rings (SSSR count). The van der Waals surface area contributed by atoms with E-state index in [-0.39, 0.29) is 11.8 Å². The van der Waals surface area contributed by atoms with Crippen LogP contribution < -0.4 is 5.32 Å². The summed E-state index contributed by atoms with van der Waals surface area (Å²) in [7, 11) is 0. The summed E-state index contributed by atoms with van der Waals surface area (Å²) in [5, 5.41) is 2.93. The molecule has 0 aromatic heterocycles. The van der Waals surface area contributed by atoms with E-state index in [0.717, 1.165) is 10.2 Å². The lowest BCUT2D eigenvalue weighted by Crippen LogP contribution is -2.23. The summed E-state index contributed by atoms with van der Waals surface area (Å²) in [5.41, 5.74) is 3.28. The van der Waals surface area contributed by atoms with E-state index in [2.05, 4.69) is 39.4 Å². The number of hydrogen-bond acceptors (Lipinski definition) is 1. The van der Waals surface area contributed by atoms with Crippen molar-refractivity contribution in [3.8, 4) is 0 Å². The molecule has 1 unspecified atom stereocenters. The van der Waals surface area contributed by atoms with Crippen LogP contribution in [-0.2, 0) is 4.79 Å². The highest BCUT2D eigenvalue weighted by Gasteiger charge is 2.26. The van der Waals surface area contributed by atoms with E-state index in [0.29, 0.717) is 6.42 Å². The van der Waals surface area contributed by atoms with Gasteiger partial charge in [0.25, 0.3) is 0 Å². The minimum absolute atomic E-state index is 0.0821. The molecule has 1 atom stereocenters. The molecule has 0 spiro atoms. The second kappa shape index (κ2) is 6.71. The van der Waals surface area contributed by atoms with E-state index in [4.69, 9.17) is 0 Å². The number of carbonyl (C=O) groups is 1. The average molecular weight is 332 g/mol. The van der Waals surface area contributed by atoms with E-state index in [1.165, 1.54) is 11.1 Å². The van der Waals surface area contributed by atoms with Gasteiger partial charge in [-0.05, 0) is 29.3 Å². The Morgan fingerprint density at radius 2 is 1.80 bits per heavy atom. The van der Waals surface area contributed by atoms with Gasteiger partial charge in [0.15, 0.2) is 0 Å². The molecule has 0 bridgehead atoms. The van der Waals surface area contributed by atoms with Crippen molar-refractivity contribution >= 4 is 27.5 Å². The van der Waals surface area contributed by atoms with Crippen LogP contribution in [0.2, 0.25) is 0 Å². The summed E-state index contributed by atoms with van der Waals surface area (Å²) < 4.78 is 1.04. The van der Waals surface area contributed by atoms with Gasteiger partial charge >= 0.3 is 0 Å². The summed E-state index contributed by atoms with van der Waals surface area (Å²) >= 11 is 3.49. The first-order valence-corrected chi connectivity index (χ1v) is 7.67. The number of benzene rings is 2. The van der Waals surface area contributed by atoms with Gasteiger partial charge in [-0.25, -0.2) is 0 Å². The van der Waals surface area contributed by atoms with Crippen LogP contribution in [-0.4, -0.2) is 5.91 Å². The van der Waals surface area contributed by atoms with E-state index < -0.39 is 0 Å². The maximum atomic E-state index is 11.8. The first kappa shape index (κ1) is 14.8. The predicted octanol–water partition coefficient (Wildman–Crippen LogP) is 4.95. The predicted molar refractivity (Wildman–Crippen MR) is 87.0 cm³/mol. The average Bonchev–Trinajstić information content (AvgIpc) is 2.50. The van der Waals surface area contributed by atoms with Gasteiger partial charge in [-0.15, -0.1) is 0 Å². The monoisotopic (exact) mass is 331 g/mol. The van der Waals surface area contributed by atoms with Gasteiger partial charge in [-0.3, -0.25) is 4.79 Å². The molecule has 0 saturated heterocycles. The molecule has 1 N–H and O–H groups in total. The van der Waals surface area contributed by atoms with Crippen molar-refractivity contribution in [2.45, 2.75) is 26.2 Å². The molecule has 2 aromatic carbocycles. The zero-order valence-corrected chi connectivity index (χ0v) is 13.3. The number of nitrogens with one attached hydrogen (secondary N) is 1. The summed E-state index contributed by atoms with van der Waals surface area (Å²) in [5.74, 6) is 0.228. The first-order valence-electron chi connectivity index (χ1n) is 6.88. The van der Waals surface area contributed by atoms with Gasteiger partial charge in [0, 0.05) is 22.5 Å². The van der Waals surface area contributed by atoms with Crippen LogP contribution in [0.1, 0.15) is 37.3 Å². The number of anilines is 1. The molecule has 1 amide bonds. The summed E-state index contributed by atoms with van der Waals surface area (Å²) in [4.78, 5) is 11.8. The quantitative estimate of drug-likeness (QED) is 0.787. The Morgan fingerprint density at radius 3 is 2.50 bits per heavy atom. The molecular weight excluding hydrogens is 314 g/mol. The molecule has 3 heteroatoms. The smallest absolute Gasteiger partial charge is 0.225 e. The number of hydrogen-bond donors (Lipinski definition) is 1. The molecular formula is C17H18BrNO. The van der Waals surface area contributed by atoms with Crippen LogP contribution in [0.15, 0.2) is 53.0 Å². The van der Waals surface area contributed by atoms with E-state index in [1.807, 2.05) is 44.2 Å². The van der Waals surface area contributed by atoms with Crippen LogP contribution in [0, 0.1) is 0 Å². The summed E-state index contributed by atoms with van der Waals surface area (Å²) in [6.45, 7) is 4.00. The SMILES string of the molecule is CC.O=C1CC(c2ccccc2)c2cc(Br)ccc2N1. The fourth-order valence-corrected chi connectivity index (χ4v) is 2.79. The van der Waals surface area contributed by atoms with Crippen LogP contribution in [0.25, 0.3) is 0 Å². The second-order valence-corrected chi connectivity index (χ2v) is 5.36. The Balaban J connectivity index is 0.000000704. The van der Waals surface area contributed by atoms with E-state index in [1.54, 1.807) is 0 Å². The Bertz CT molecular complexity index is 595. The zero-order valence-electron chi connectivity index (χ0n) is 11.7. The van der Waals surface area contributed by atoms with Crippen LogP contribution in [0.3, 0.4) is 0 Å². The molecule has 0 aliphatic carbocycles. The topological polar surface area (TPSA) is 29.1 Å².